The van der Waals surface area contributed by atoms with Gasteiger partial charge in [0.1, 0.15) is 12.3 Å². The molecular weight excluding hydrogens is 452 g/mol. The average Bonchev–Trinajstić information content (AvgIpc) is 2.90. The van der Waals surface area contributed by atoms with Gasteiger partial charge in [-0.25, -0.2) is 15.0 Å². The molecule has 6 rings (SSSR count). The first kappa shape index (κ1) is 23.1. The number of rotatable bonds is 5. The van der Waals surface area contributed by atoms with E-state index in [1.807, 2.05) is 6.20 Å². The maximum absolute atomic E-state index is 5.75. The van der Waals surface area contributed by atoms with Crippen molar-refractivity contribution in [1.82, 2.24) is 30.1 Å². The molecule has 36 heavy (non-hydrogen) atoms. The highest BCUT2D eigenvalue weighted by Gasteiger charge is 2.23. The summed E-state index contributed by atoms with van der Waals surface area (Å²) in [6.07, 6.45) is 2.79. The molecule has 3 aliphatic rings. The van der Waals surface area contributed by atoms with Gasteiger partial charge in [-0.3, -0.25) is 4.90 Å². The van der Waals surface area contributed by atoms with Crippen LogP contribution in [0.15, 0.2) is 30.5 Å². The van der Waals surface area contributed by atoms with Gasteiger partial charge in [0.2, 0.25) is 11.8 Å². The summed E-state index contributed by atoms with van der Waals surface area (Å²) in [6, 6.07) is 8.61. The van der Waals surface area contributed by atoms with E-state index in [1.54, 1.807) is 0 Å². The van der Waals surface area contributed by atoms with Crippen LogP contribution >= 0.6 is 0 Å². The van der Waals surface area contributed by atoms with Gasteiger partial charge in [-0.1, -0.05) is 12.1 Å². The van der Waals surface area contributed by atoms with E-state index in [2.05, 4.69) is 69.0 Å². The number of fused-ring (bicyclic) bond motifs is 2. The molecule has 0 spiro atoms. The Morgan fingerprint density at radius 3 is 2.89 bits per heavy atom. The number of benzene rings is 1. The lowest BCUT2D eigenvalue weighted by atomic mass is 9.97. The molecule has 0 aliphatic carbocycles. The van der Waals surface area contributed by atoms with Gasteiger partial charge < -0.3 is 25.6 Å². The number of piperazine rings is 1. The smallest absolute Gasteiger partial charge is 0.237 e. The van der Waals surface area contributed by atoms with Gasteiger partial charge in [-0.2, -0.15) is 0 Å². The van der Waals surface area contributed by atoms with E-state index in [0.29, 0.717) is 18.4 Å². The maximum Gasteiger partial charge on any atom is 0.237 e. The molecule has 1 fully saturated rings. The van der Waals surface area contributed by atoms with Crippen LogP contribution in [0.5, 0.6) is 5.88 Å². The van der Waals surface area contributed by atoms with E-state index < -0.39 is 0 Å². The second-order valence-electron chi connectivity index (χ2n) is 9.90. The Balaban J connectivity index is 1.30. The van der Waals surface area contributed by atoms with Crippen molar-refractivity contribution >= 4 is 17.3 Å². The van der Waals surface area contributed by atoms with Crippen molar-refractivity contribution in [2.45, 2.75) is 26.4 Å². The highest BCUT2D eigenvalue weighted by atomic mass is 16.5. The lowest BCUT2D eigenvalue weighted by molar-refractivity contribution is 0.148. The van der Waals surface area contributed by atoms with Crippen LogP contribution in [0.3, 0.4) is 0 Å². The van der Waals surface area contributed by atoms with Crippen LogP contribution in [0.2, 0.25) is 0 Å². The molecular formula is C27H34N8O. The predicted molar refractivity (Wildman–Crippen MR) is 142 cm³/mol. The molecule has 0 atom stereocenters. The third kappa shape index (κ3) is 4.74. The number of pyridine rings is 1. The van der Waals surface area contributed by atoms with Gasteiger partial charge >= 0.3 is 0 Å². The summed E-state index contributed by atoms with van der Waals surface area (Å²) in [5.74, 6) is 1.29. The Kier molecular flexibility index (Phi) is 6.43. The molecule has 3 aromatic rings. The van der Waals surface area contributed by atoms with Gasteiger partial charge in [-0.15, -0.1) is 0 Å². The number of ether oxygens (including phenoxy) is 1. The van der Waals surface area contributed by atoms with Crippen LogP contribution in [0, 0.1) is 6.92 Å². The summed E-state index contributed by atoms with van der Waals surface area (Å²) in [6.45, 7) is 10.6. The Morgan fingerprint density at radius 2 is 2.00 bits per heavy atom. The zero-order chi connectivity index (χ0) is 24.5. The van der Waals surface area contributed by atoms with Crippen LogP contribution in [0.1, 0.15) is 22.4 Å². The minimum atomic E-state index is 0.616. The zero-order valence-electron chi connectivity index (χ0n) is 21.1. The van der Waals surface area contributed by atoms with Gasteiger partial charge in [0.25, 0.3) is 0 Å². The molecule has 9 nitrogen and oxygen atoms in total. The van der Waals surface area contributed by atoms with E-state index in [0.717, 1.165) is 92.7 Å². The van der Waals surface area contributed by atoms with Gasteiger partial charge in [0.15, 0.2) is 0 Å². The summed E-state index contributed by atoms with van der Waals surface area (Å²) in [7, 11) is 2.19. The fourth-order valence-electron chi connectivity index (χ4n) is 5.24. The number of anilines is 3. The molecule has 5 heterocycles. The normalized spacial score (nSPS) is 18.1. The van der Waals surface area contributed by atoms with Crippen LogP contribution in [0.4, 0.5) is 17.3 Å². The van der Waals surface area contributed by atoms with Crippen LogP contribution in [-0.2, 0) is 19.5 Å². The molecule has 9 heteroatoms. The van der Waals surface area contributed by atoms with E-state index in [4.69, 9.17) is 14.7 Å². The number of aromatic nitrogens is 3. The minimum Gasteiger partial charge on any atom is -0.474 e. The highest BCUT2D eigenvalue weighted by Crippen LogP contribution is 2.37. The van der Waals surface area contributed by atoms with Gasteiger partial charge in [-0.05, 0) is 50.2 Å². The van der Waals surface area contributed by atoms with Crippen molar-refractivity contribution in [3.8, 4) is 17.1 Å². The number of nitrogens with zero attached hydrogens (tertiary/aromatic N) is 5. The summed E-state index contributed by atoms with van der Waals surface area (Å²) < 4.78 is 5.75. The molecule has 1 aromatic carbocycles. The second-order valence-corrected chi connectivity index (χ2v) is 9.90. The maximum atomic E-state index is 5.75. The first-order chi connectivity index (χ1) is 17.6. The highest BCUT2D eigenvalue weighted by molar-refractivity contribution is 5.77. The molecule has 3 aliphatic heterocycles. The first-order valence-electron chi connectivity index (χ1n) is 12.9. The summed E-state index contributed by atoms with van der Waals surface area (Å²) in [4.78, 5) is 19.4. The van der Waals surface area contributed by atoms with E-state index in [9.17, 15) is 0 Å². The average molecular weight is 487 g/mol. The van der Waals surface area contributed by atoms with Crippen molar-refractivity contribution in [3.63, 3.8) is 0 Å². The minimum absolute atomic E-state index is 0.616. The first-order valence-corrected chi connectivity index (χ1v) is 12.9. The lowest BCUT2D eigenvalue weighted by Gasteiger charge is -2.32. The SMILES string of the molecule is Cc1c(-c2nc(Nc3cccc(CN4CCN(C)CC4)c3)nc3c2CCNC3)cnc2c1NCCO2. The Bertz CT molecular complexity index is 1250. The fraction of sp³-hybridized carbons (Fsp3) is 0.444. The topological polar surface area (TPSA) is 90.5 Å². The largest absolute Gasteiger partial charge is 0.474 e. The molecule has 0 saturated carbocycles. The molecule has 188 valence electrons. The van der Waals surface area contributed by atoms with Crippen molar-refractivity contribution in [2.24, 2.45) is 0 Å². The van der Waals surface area contributed by atoms with Crippen LogP contribution < -0.4 is 20.7 Å². The summed E-state index contributed by atoms with van der Waals surface area (Å²) in [5.41, 5.74) is 8.60. The number of hydrogen-bond acceptors (Lipinski definition) is 9. The molecule has 0 radical (unpaired) electrons. The number of likely N-dealkylation sites (N-methyl/N-ethyl adjacent to an activating group) is 1. The third-order valence-corrected chi connectivity index (χ3v) is 7.32. The number of hydrogen-bond donors (Lipinski definition) is 3. The van der Waals surface area contributed by atoms with Crippen molar-refractivity contribution in [2.75, 3.05) is 63.6 Å². The van der Waals surface area contributed by atoms with E-state index in [1.165, 1.54) is 11.1 Å². The molecule has 3 N–H and O–H groups in total. The standard InChI is InChI=1S/C27H34N8O/c1-18-22(15-30-26-24(18)29-8-13-36-26)25-21-6-7-28-16-23(21)32-27(33-25)31-20-5-3-4-19(14-20)17-35-11-9-34(2)10-12-35/h3-5,14-15,28-29H,6-13,16-17H2,1-2H3,(H,31,32,33). The summed E-state index contributed by atoms with van der Waals surface area (Å²) in [5, 5.41) is 10.4. The molecule has 0 bridgehead atoms. The molecule has 0 amide bonds. The van der Waals surface area contributed by atoms with Crippen molar-refractivity contribution in [3.05, 3.63) is 52.8 Å². The van der Waals surface area contributed by atoms with E-state index in [-0.39, 0.29) is 0 Å². The molecule has 2 aromatic heterocycles. The van der Waals surface area contributed by atoms with Gasteiger partial charge in [0, 0.05) is 68.8 Å². The summed E-state index contributed by atoms with van der Waals surface area (Å²) >= 11 is 0. The quantitative estimate of drug-likeness (QED) is 0.504. The predicted octanol–water partition coefficient (Wildman–Crippen LogP) is 2.79. The van der Waals surface area contributed by atoms with Crippen molar-refractivity contribution < 1.29 is 4.74 Å². The number of nitrogens with one attached hydrogen (secondary N) is 3. The van der Waals surface area contributed by atoms with Gasteiger partial charge in [0.05, 0.1) is 11.4 Å². The lowest BCUT2D eigenvalue weighted by Crippen LogP contribution is -2.43. The molecule has 0 unspecified atom stereocenters. The van der Waals surface area contributed by atoms with Crippen molar-refractivity contribution in [1.29, 1.82) is 0 Å². The second kappa shape index (κ2) is 10.0. The Hall–Kier alpha value is -3.27. The third-order valence-electron chi connectivity index (χ3n) is 7.32. The molecule has 1 saturated heterocycles. The van der Waals surface area contributed by atoms with E-state index >= 15 is 0 Å². The van der Waals surface area contributed by atoms with Crippen LogP contribution in [-0.4, -0.2) is 77.7 Å². The van der Waals surface area contributed by atoms with Crippen LogP contribution in [0.25, 0.3) is 11.3 Å². The fourth-order valence-corrected chi connectivity index (χ4v) is 5.24. The Morgan fingerprint density at radius 1 is 1.11 bits per heavy atom. The monoisotopic (exact) mass is 486 g/mol. The Labute approximate surface area is 212 Å². The zero-order valence-corrected chi connectivity index (χ0v) is 21.1.